The zero-order valence-electron chi connectivity index (χ0n) is 16.1. The summed E-state index contributed by atoms with van der Waals surface area (Å²) < 4.78 is 0.841. The fraction of sp³-hybridized carbons (Fsp3) is 0.300. The predicted molar refractivity (Wildman–Crippen MR) is 116 cm³/mol. The molecule has 1 unspecified atom stereocenters. The van der Waals surface area contributed by atoms with Crippen molar-refractivity contribution in [3.63, 3.8) is 0 Å². The maximum Gasteiger partial charge on any atom is 0.325 e. The normalized spacial score (nSPS) is 21.3. The molecule has 2 N–H and O–H groups in total. The quantitative estimate of drug-likeness (QED) is 0.629. The first kappa shape index (κ1) is 20.5. The number of hydrogen-bond donors (Lipinski definition) is 2. The Morgan fingerprint density at radius 1 is 1.27 bits per heavy atom. The number of carbonyl (C=O) groups excluding carboxylic acids is 4. The highest BCUT2D eigenvalue weighted by atomic mass is 79.9. The molecule has 2 aromatic rings. The smallest absolute Gasteiger partial charge is 0.324 e. The van der Waals surface area contributed by atoms with Gasteiger partial charge >= 0.3 is 6.03 Å². The number of carbonyl (C=O) groups is 4. The minimum atomic E-state index is -1.20. The van der Waals surface area contributed by atoms with Gasteiger partial charge in [-0.05, 0) is 59.6 Å². The van der Waals surface area contributed by atoms with Crippen molar-refractivity contribution >= 4 is 62.4 Å². The molecule has 2 aliphatic heterocycles. The Hall–Kier alpha value is -2.72. The molecule has 156 valence electrons. The Kier molecular flexibility index (Phi) is 5.37. The van der Waals surface area contributed by atoms with Crippen molar-refractivity contribution in [3.8, 4) is 0 Å². The molecule has 1 aromatic heterocycles. The second kappa shape index (κ2) is 7.84. The van der Waals surface area contributed by atoms with E-state index in [1.165, 1.54) is 11.3 Å². The number of hydrogen-bond acceptors (Lipinski definition) is 5. The van der Waals surface area contributed by atoms with Crippen LogP contribution in [0.1, 0.15) is 24.6 Å². The van der Waals surface area contributed by atoms with E-state index in [1.54, 1.807) is 48.2 Å². The fourth-order valence-corrected chi connectivity index (χ4v) is 5.09. The minimum absolute atomic E-state index is 0.0531. The fourth-order valence-electron chi connectivity index (χ4n) is 3.61. The molecule has 0 aliphatic carbocycles. The van der Waals surface area contributed by atoms with Crippen LogP contribution in [0, 0.1) is 0 Å². The van der Waals surface area contributed by atoms with Gasteiger partial charge < -0.3 is 15.5 Å². The first-order valence-electron chi connectivity index (χ1n) is 9.38. The van der Waals surface area contributed by atoms with Gasteiger partial charge in [0, 0.05) is 29.2 Å². The third kappa shape index (κ3) is 3.72. The predicted octanol–water partition coefficient (Wildman–Crippen LogP) is 3.04. The third-order valence-electron chi connectivity index (χ3n) is 5.16. The van der Waals surface area contributed by atoms with Gasteiger partial charge in [-0.2, -0.15) is 0 Å². The Bertz CT molecular complexity index is 1050. The summed E-state index contributed by atoms with van der Waals surface area (Å²) in [5.41, 5.74) is -0.000263. The highest BCUT2D eigenvalue weighted by Gasteiger charge is 2.50. The average molecular weight is 491 g/mol. The van der Waals surface area contributed by atoms with E-state index in [9.17, 15) is 19.2 Å². The first-order chi connectivity index (χ1) is 14.3. The Labute approximate surface area is 185 Å². The maximum absolute atomic E-state index is 12.9. The van der Waals surface area contributed by atoms with Crippen molar-refractivity contribution in [1.82, 2.24) is 10.2 Å². The van der Waals surface area contributed by atoms with Crippen molar-refractivity contribution in [2.24, 2.45) is 0 Å². The van der Waals surface area contributed by atoms with Crippen LogP contribution in [-0.2, 0) is 19.9 Å². The molecule has 10 heteroatoms. The van der Waals surface area contributed by atoms with E-state index in [0.717, 1.165) is 15.1 Å². The molecule has 0 bridgehead atoms. The monoisotopic (exact) mass is 490 g/mol. The number of urea groups is 1. The molecule has 1 atom stereocenters. The summed E-state index contributed by atoms with van der Waals surface area (Å²) in [5, 5.41) is 5.39. The average Bonchev–Trinajstić information content (AvgIpc) is 3.38. The Balaban J connectivity index is 1.45. The van der Waals surface area contributed by atoms with E-state index >= 15 is 0 Å². The SMILES string of the molecule is CC1(c2ccc(Br)s2)NC(=O)N(CC(=O)Nc2cccc(N3CCCC3=O)c2)C1=O. The summed E-state index contributed by atoms with van der Waals surface area (Å²) in [7, 11) is 0. The van der Waals surface area contributed by atoms with Crippen molar-refractivity contribution in [3.05, 3.63) is 45.1 Å². The lowest BCUT2D eigenvalue weighted by Crippen LogP contribution is -2.41. The summed E-state index contributed by atoms with van der Waals surface area (Å²) in [4.78, 5) is 53.1. The van der Waals surface area contributed by atoms with Crippen LogP contribution < -0.4 is 15.5 Å². The van der Waals surface area contributed by atoms with Gasteiger partial charge in [0.2, 0.25) is 11.8 Å². The van der Waals surface area contributed by atoms with Crippen molar-refractivity contribution in [2.75, 3.05) is 23.3 Å². The number of amides is 5. The largest absolute Gasteiger partial charge is 0.325 e. The number of nitrogens with one attached hydrogen (secondary N) is 2. The molecule has 3 heterocycles. The van der Waals surface area contributed by atoms with E-state index in [1.807, 2.05) is 0 Å². The molecule has 5 amide bonds. The number of halogens is 1. The standard InChI is InChI=1S/C20H19BrN4O4S/c1-20(14-7-8-15(21)30-14)18(28)25(19(29)23-20)11-16(26)22-12-4-2-5-13(10-12)24-9-3-6-17(24)27/h2,4-5,7-8,10H,3,6,9,11H2,1H3,(H,22,26)(H,23,29). The van der Waals surface area contributed by atoms with Gasteiger partial charge in [-0.25, -0.2) is 4.79 Å². The van der Waals surface area contributed by atoms with E-state index in [0.29, 0.717) is 29.2 Å². The Morgan fingerprint density at radius 2 is 2.07 bits per heavy atom. The summed E-state index contributed by atoms with van der Waals surface area (Å²) in [6, 6.07) is 9.91. The van der Waals surface area contributed by atoms with Crippen LogP contribution in [0.25, 0.3) is 0 Å². The molecule has 1 aromatic carbocycles. The van der Waals surface area contributed by atoms with Gasteiger partial charge in [-0.3, -0.25) is 19.3 Å². The lowest BCUT2D eigenvalue weighted by atomic mass is 10.0. The summed E-state index contributed by atoms with van der Waals surface area (Å²) in [6.45, 7) is 1.87. The molecule has 8 nitrogen and oxygen atoms in total. The second-order valence-corrected chi connectivity index (χ2v) is 9.76. The number of thiophene rings is 1. The van der Waals surface area contributed by atoms with Crippen LogP contribution in [0.4, 0.5) is 16.2 Å². The zero-order valence-corrected chi connectivity index (χ0v) is 18.5. The first-order valence-corrected chi connectivity index (χ1v) is 11.0. The van der Waals surface area contributed by atoms with Crippen LogP contribution in [0.5, 0.6) is 0 Å². The van der Waals surface area contributed by atoms with Gasteiger partial charge in [-0.1, -0.05) is 6.07 Å². The highest BCUT2D eigenvalue weighted by Crippen LogP contribution is 2.35. The number of imide groups is 1. The molecule has 0 saturated carbocycles. The van der Waals surface area contributed by atoms with E-state index in [2.05, 4.69) is 26.6 Å². The van der Waals surface area contributed by atoms with Gasteiger partial charge in [0.1, 0.15) is 6.54 Å². The molecule has 4 rings (SSSR count). The highest BCUT2D eigenvalue weighted by molar-refractivity contribution is 9.11. The van der Waals surface area contributed by atoms with Crippen molar-refractivity contribution in [1.29, 1.82) is 0 Å². The van der Waals surface area contributed by atoms with Crippen molar-refractivity contribution < 1.29 is 19.2 Å². The van der Waals surface area contributed by atoms with Gasteiger partial charge in [-0.15, -0.1) is 11.3 Å². The number of benzene rings is 1. The maximum atomic E-state index is 12.9. The van der Waals surface area contributed by atoms with Gasteiger partial charge in [0.05, 0.1) is 3.79 Å². The van der Waals surface area contributed by atoms with Crippen LogP contribution >= 0.6 is 27.3 Å². The molecule has 0 spiro atoms. The molecule has 2 saturated heterocycles. The molecule has 2 aliphatic rings. The minimum Gasteiger partial charge on any atom is -0.324 e. The lowest BCUT2D eigenvalue weighted by molar-refractivity contribution is -0.133. The number of anilines is 2. The summed E-state index contributed by atoms with van der Waals surface area (Å²) in [5.74, 6) is -0.925. The molecule has 2 fully saturated rings. The summed E-state index contributed by atoms with van der Waals surface area (Å²) >= 11 is 4.71. The lowest BCUT2D eigenvalue weighted by Gasteiger charge is -2.20. The Morgan fingerprint density at radius 3 is 2.73 bits per heavy atom. The van der Waals surface area contributed by atoms with E-state index in [-0.39, 0.29) is 5.91 Å². The second-order valence-electron chi connectivity index (χ2n) is 7.30. The van der Waals surface area contributed by atoms with Crippen LogP contribution in [-0.4, -0.2) is 41.7 Å². The van der Waals surface area contributed by atoms with Crippen molar-refractivity contribution in [2.45, 2.75) is 25.3 Å². The van der Waals surface area contributed by atoms with E-state index < -0.39 is 29.9 Å². The zero-order chi connectivity index (χ0) is 21.5. The molecular weight excluding hydrogens is 472 g/mol. The van der Waals surface area contributed by atoms with E-state index in [4.69, 9.17) is 0 Å². The number of nitrogens with zero attached hydrogens (tertiary/aromatic N) is 2. The summed E-state index contributed by atoms with van der Waals surface area (Å²) in [6.07, 6.45) is 1.32. The molecule has 30 heavy (non-hydrogen) atoms. The molecule has 0 radical (unpaired) electrons. The van der Waals surface area contributed by atoms with Crippen LogP contribution in [0.3, 0.4) is 0 Å². The topological polar surface area (TPSA) is 98.8 Å². The molecular formula is C20H19BrN4O4S. The number of rotatable bonds is 5. The van der Waals surface area contributed by atoms with Gasteiger partial charge in [0.25, 0.3) is 5.91 Å². The third-order valence-corrected chi connectivity index (χ3v) is 7.00. The van der Waals surface area contributed by atoms with Crippen LogP contribution in [0.2, 0.25) is 0 Å². The van der Waals surface area contributed by atoms with Crippen LogP contribution in [0.15, 0.2) is 40.2 Å². The van der Waals surface area contributed by atoms with Gasteiger partial charge in [0.15, 0.2) is 5.54 Å².